The highest BCUT2D eigenvalue weighted by Gasteiger charge is 2.19. The van der Waals surface area contributed by atoms with Gasteiger partial charge in [-0.3, -0.25) is 0 Å². The van der Waals surface area contributed by atoms with Crippen molar-refractivity contribution in [2.24, 2.45) is 5.92 Å². The monoisotopic (exact) mass is 238 g/mol. The van der Waals surface area contributed by atoms with Crippen molar-refractivity contribution >= 4 is 11.5 Å². The number of nitrogens with two attached hydrogens (primary N) is 1. The van der Waals surface area contributed by atoms with Crippen LogP contribution in [0.25, 0.3) is 0 Å². The predicted molar refractivity (Wildman–Crippen MR) is 69.2 cm³/mol. The van der Waals surface area contributed by atoms with Gasteiger partial charge < -0.3 is 15.8 Å². The molecule has 2 heterocycles. The molecule has 1 unspecified atom stereocenters. The summed E-state index contributed by atoms with van der Waals surface area (Å²) in [7, 11) is 0. The number of anilines is 2. The van der Waals surface area contributed by atoms with Gasteiger partial charge in [0.05, 0.1) is 18.0 Å². The highest BCUT2D eigenvalue weighted by Crippen LogP contribution is 2.26. The second kappa shape index (κ2) is 4.96. The van der Waals surface area contributed by atoms with Gasteiger partial charge in [0.25, 0.3) is 0 Å². The first-order chi connectivity index (χ1) is 8.09. The van der Waals surface area contributed by atoms with Crippen LogP contribution in [-0.4, -0.2) is 29.5 Å². The van der Waals surface area contributed by atoms with Crippen LogP contribution in [-0.2, 0) is 4.74 Å². The van der Waals surface area contributed by atoms with E-state index < -0.39 is 0 Å². The highest BCUT2D eigenvalue weighted by molar-refractivity contribution is 5.64. The first-order valence-corrected chi connectivity index (χ1v) is 6.25. The van der Waals surface area contributed by atoms with Crippen molar-refractivity contribution in [1.29, 1.82) is 0 Å². The number of rotatable bonds is 4. The number of hydrogen-bond donors (Lipinski definition) is 2. The summed E-state index contributed by atoms with van der Waals surface area (Å²) in [5, 5.41) is 7.87. The number of nitrogen functional groups attached to an aromatic ring is 1. The first kappa shape index (κ1) is 12.2. The molecule has 0 bridgehead atoms. The second-order valence-corrected chi connectivity index (χ2v) is 5.00. The number of ether oxygens (including phenoxy) is 1. The van der Waals surface area contributed by atoms with Gasteiger partial charge in [-0.05, 0) is 27.2 Å². The summed E-state index contributed by atoms with van der Waals surface area (Å²) >= 11 is 0. The van der Waals surface area contributed by atoms with E-state index in [-0.39, 0.29) is 0 Å². The van der Waals surface area contributed by atoms with Gasteiger partial charge in [0, 0.05) is 25.1 Å². The number of aryl methyl sites for hydroxylation is 1. The van der Waals surface area contributed by atoms with Crippen LogP contribution in [0.3, 0.4) is 0 Å². The van der Waals surface area contributed by atoms with E-state index in [0.29, 0.717) is 12.0 Å². The zero-order valence-corrected chi connectivity index (χ0v) is 10.9. The summed E-state index contributed by atoms with van der Waals surface area (Å²) in [5.74, 6) is 1.54. The topological polar surface area (TPSA) is 65.1 Å². The van der Waals surface area contributed by atoms with Gasteiger partial charge in [-0.15, -0.1) is 0 Å². The molecular formula is C12H22N4O. The largest absolute Gasteiger partial charge is 0.394 e. The maximum absolute atomic E-state index is 6.05. The van der Waals surface area contributed by atoms with Crippen LogP contribution in [0.4, 0.5) is 11.5 Å². The van der Waals surface area contributed by atoms with Gasteiger partial charge in [-0.1, -0.05) is 0 Å². The van der Waals surface area contributed by atoms with E-state index in [2.05, 4.69) is 24.3 Å². The standard InChI is InChI=1S/C12H22N4O/c1-8(2)16-12(11(13)9(3)15-16)14-6-10-4-5-17-7-10/h8,10,14H,4-7,13H2,1-3H3. The Balaban J connectivity index is 2.07. The molecule has 1 fully saturated rings. The first-order valence-electron chi connectivity index (χ1n) is 6.25. The Morgan fingerprint density at radius 1 is 1.59 bits per heavy atom. The van der Waals surface area contributed by atoms with Crippen LogP contribution >= 0.6 is 0 Å². The van der Waals surface area contributed by atoms with Gasteiger partial charge in [0.2, 0.25) is 0 Å². The summed E-state index contributed by atoms with van der Waals surface area (Å²) in [4.78, 5) is 0. The van der Waals surface area contributed by atoms with Crippen LogP contribution in [0, 0.1) is 12.8 Å². The Kier molecular flexibility index (Phi) is 3.57. The van der Waals surface area contributed by atoms with E-state index in [4.69, 9.17) is 10.5 Å². The molecule has 5 nitrogen and oxygen atoms in total. The minimum atomic E-state index is 0.313. The van der Waals surface area contributed by atoms with E-state index in [1.165, 1.54) is 0 Å². The average molecular weight is 238 g/mol. The zero-order valence-electron chi connectivity index (χ0n) is 10.9. The third-order valence-corrected chi connectivity index (χ3v) is 3.20. The number of hydrogen-bond acceptors (Lipinski definition) is 4. The lowest BCUT2D eigenvalue weighted by molar-refractivity contribution is 0.187. The maximum Gasteiger partial charge on any atom is 0.148 e. The average Bonchev–Trinajstić information content (AvgIpc) is 2.87. The maximum atomic E-state index is 6.05. The normalized spacial score (nSPS) is 20.1. The second-order valence-electron chi connectivity index (χ2n) is 5.00. The number of aromatic nitrogens is 2. The Morgan fingerprint density at radius 2 is 2.35 bits per heavy atom. The summed E-state index contributed by atoms with van der Waals surface area (Å²) < 4.78 is 7.32. The molecule has 1 aromatic heterocycles. The van der Waals surface area contributed by atoms with Crippen molar-refractivity contribution in [2.45, 2.75) is 33.2 Å². The van der Waals surface area contributed by atoms with Gasteiger partial charge in [0.15, 0.2) is 0 Å². The van der Waals surface area contributed by atoms with Gasteiger partial charge >= 0.3 is 0 Å². The Labute approximate surface area is 102 Å². The van der Waals surface area contributed by atoms with Crippen LogP contribution in [0.2, 0.25) is 0 Å². The molecule has 1 aliphatic heterocycles. The summed E-state index contributed by atoms with van der Waals surface area (Å²) in [6, 6.07) is 0.313. The molecule has 5 heteroatoms. The smallest absolute Gasteiger partial charge is 0.148 e. The van der Waals surface area contributed by atoms with E-state index in [1.807, 2.05) is 11.6 Å². The minimum Gasteiger partial charge on any atom is -0.394 e. The van der Waals surface area contributed by atoms with Gasteiger partial charge in [-0.25, -0.2) is 4.68 Å². The van der Waals surface area contributed by atoms with Crippen molar-refractivity contribution in [3.05, 3.63) is 5.69 Å². The van der Waals surface area contributed by atoms with Crippen molar-refractivity contribution < 1.29 is 4.74 Å². The number of nitrogens with one attached hydrogen (secondary N) is 1. The molecule has 17 heavy (non-hydrogen) atoms. The molecule has 1 aliphatic rings. The van der Waals surface area contributed by atoms with Crippen molar-refractivity contribution in [3.8, 4) is 0 Å². The van der Waals surface area contributed by atoms with E-state index in [9.17, 15) is 0 Å². The predicted octanol–water partition coefficient (Wildman–Crippen LogP) is 1.80. The van der Waals surface area contributed by atoms with E-state index >= 15 is 0 Å². The Hall–Kier alpha value is -1.23. The lowest BCUT2D eigenvalue weighted by Crippen LogP contribution is -2.18. The lowest BCUT2D eigenvalue weighted by atomic mass is 10.1. The summed E-state index contributed by atoms with van der Waals surface area (Å²) in [5.41, 5.74) is 7.70. The quantitative estimate of drug-likeness (QED) is 0.839. The van der Waals surface area contributed by atoms with Gasteiger partial charge in [0.1, 0.15) is 5.82 Å². The SMILES string of the molecule is Cc1nn(C(C)C)c(NCC2CCOC2)c1N. The zero-order chi connectivity index (χ0) is 12.4. The van der Waals surface area contributed by atoms with Crippen LogP contribution in [0.1, 0.15) is 32.0 Å². The molecule has 0 amide bonds. The molecule has 96 valence electrons. The fraction of sp³-hybridized carbons (Fsp3) is 0.750. The molecule has 0 aromatic carbocycles. The molecular weight excluding hydrogens is 216 g/mol. The molecule has 3 N–H and O–H groups in total. The van der Waals surface area contributed by atoms with Crippen LogP contribution in [0.15, 0.2) is 0 Å². The van der Waals surface area contributed by atoms with E-state index in [0.717, 1.165) is 43.4 Å². The molecule has 1 aromatic rings. The molecule has 0 saturated carbocycles. The highest BCUT2D eigenvalue weighted by atomic mass is 16.5. The molecule has 2 rings (SSSR count). The third kappa shape index (κ3) is 2.54. The number of nitrogens with zero attached hydrogens (tertiary/aromatic N) is 2. The molecule has 0 aliphatic carbocycles. The molecule has 1 saturated heterocycles. The fourth-order valence-electron chi connectivity index (χ4n) is 2.10. The van der Waals surface area contributed by atoms with Crippen molar-refractivity contribution in [2.75, 3.05) is 30.8 Å². The summed E-state index contributed by atoms with van der Waals surface area (Å²) in [6.45, 7) is 8.79. The van der Waals surface area contributed by atoms with E-state index in [1.54, 1.807) is 0 Å². The summed E-state index contributed by atoms with van der Waals surface area (Å²) in [6.07, 6.45) is 1.13. The fourth-order valence-corrected chi connectivity index (χ4v) is 2.10. The van der Waals surface area contributed by atoms with Gasteiger partial charge in [-0.2, -0.15) is 5.10 Å². The molecule has 0 spiro atoms. The minimum absolute atomic E-state index is 0.313. The third-order valence-electron chi connectivity index (χ3n) is 3.20. The lowest BCUT2D eigenvalue weighted by Gasteiger charge is -2.15. The van der Waals surface area contributed by atoms with Crippen molar-refractivity contribution in [1.82, 2.24) is 9.78 Å². The van der Waals surface area contributed by atoms with Crippen LogP contribution in [0.5, 0.6) is 0 Å². The van der Waals surface area contributed by atoms with Crippen LogP contribution < -0.4 is 11.1 Å². The molecule has 0 radical (unpaired) electrons. The molecule has 1 atom stereocenters. The Morgan fingerprint density at radius 3 is 2.94 bits per heavy atom. The Bertz CT molecular complexity index is 380. The van der Waals surface area contributed by atoms with Crippen molar-refractivity contribution in [3.63, 3.8) is 0 Å².